The summed E-state index contributed by atoms with van der Waals surface area (Å²) in [6.45, 7) is 2.94. The van der Waals surface area contributed by atoms with Crippen LogP contribution < -0.4 is 14.2 Å². The smallest absolute Gasteiger partial charge is 0.363 e. The van der Waals surface area contributed by atoms with Crippen molar-refractivity contribution in [3.05, 3.63) is 45.3 Å². The van der Waals surface area contributed by atoms with E-state index in [0.717, 1.165) is 15.3 Å². The first kappa shape index (κ1) is 15.7. The highest BCUT2D eigenvalue weighted by atomic mass is 32.1. The van der Waals surface area contributed by atoms with Crippen LogP contribution >= 0.6 is 11.3 Å². The molecule has 0 bridgehead atoms. The van der Waals surface area contributed by atoms with E-state index in [-0.39, 0.29) is 5.70 Å². The number of fused-ring (bicyclic) bond motifs is 1. The van der Waals surface area contributed by atoms with Crippen molar-refractivity contribution in [1.82, 2.24) is 0 Å². The quantitative estimate of drug-likeness (QED) is 0.623. The molecule has 0 N–H and O–H groups in total. The Bertz CT molecular complexity index is 895. The molecule has 0 spiro atoms. The van der Waals surface area contributed by atoms with Gasteiger partial charge < -0.3 is 18.9 Å². The minimum atomic E-state index is -0.477. The van der Waals surface area contributed by atoms with Crippen molar-refractivity contribution in [2.45, 2.75) is 6.92 Å². The Hall–Kier alpha value is -2.80. The number of thiophene rings is 1. The molecule has 25 heavy (non-hydrogen) atoms. The van der Waals surface area contributed by atoms with Crippen LogP contribution in [-0.2, 0) is 9.53 Å². The molecule has 0 saturated carbocycles. The van der Waals surface area contributed by atoms with Gasteiger partial charge in [0.15, 0.2) is 17.2 Å². The number of rotatable bonds is 3. The lowest BCUT2D eigenvalue weighted by Gasteiger charge is -2.20. The van der Waals surface area contributed by atoms with Gasteiger partial charge in [-0.25, -0.2) is 9.79 Å². The summed E-state index contributed by atoms with van der Waals surface area (Å²) in [5.41, 5.74) is 0.959. The molecule has 0 aliphatic carbocycles. The molecular formula is C18H15NO5S. The molecule has 2 aliphatic heterocycles. The first-order valence-corrected chi connectivity index (χ1v) is 8.53. The molecular weight excluding hydrogens is 342 g/mol. The number of methoxy groups -OCH3 is 1. The number of hydrogen-bond donors (Lipinski definition) is 0. The van der Waals surface area contributed by atoms with Crippen molar-refractivity contribution in [3.63, 3.8) is 0 Å². The van der Waals surface area contributed by atoms with Gasteiger partial charge in [0.2, 0.25) is 11.6 Å². The molecule has 6 nitrogen and oxygen atoms in total. The summed E-state index contributed by atoms with van der Waals surface area (Å²) in [6.07, 6.45) is 1.65. The molecule has 0 unspecified atom stereocenters. The summed E-state index contributed by atoms with van der Waals surface area (Å²) in [4.78, 5) is 18.4. The maximum Gasteiger partial charge on any atom is 0.363 e. The van der Waals surface area contributed by atoms with Gasteiger partial charge in [-0.3, -0.25) is 0 Å². The van der Waals surface area contributed by atoms with Gasteiger partial charge in [0.1, 0.15) is 13.2 Å². The Morgan fingerprint density at radius 1 is 1.24 bits per heavy atom. The second kappa shape index (κ2) is 6.25. The van der Waals surface area contributed by atoms with Crippen LogP contribution in [-0.4, -0.2) is 32.2 Å². The number of cyclic esters (lactones) is 1. The van der Waals surface area contributed by atoms with Crippen LogP contribution in [0.4, 0.5) is 0 Å². The molecule has 2 aromatic rings. The second-order valence-electron chi connectivity index (χ2n) is 5.49. The summed E-state index contributed by atoms with van der Waals surface area (Å²) in [6, 6.07) is 7.42. The van der Waals surface area contributed by atoms with Crippen LogP contribution in [0.1, 0.15) is 15.3 Å². The number of benzene rings is 1. The highest BCUT2D eigenvalue weighted by Gasteiger charge is 2.26. The van der Waals surface area contributed by atoms with Crippen molar-refractivity contribution >= 4 is 29.3 Å². The van der Waals surface area contributed by atoms with E-state index in [2.05, 4.69) is 4.99 Å². The number of carbonyl (C=O) groups is 1. The average molecular weight is 357 g/mol. The lowest BCUT2D eigenvalue weighted by atomic mass is 10.1. The molecule has 1 aromatic heterocycles. The third-order valence-electron chi connectivity index (χ3n) is 3.73. The third-order valence-corrected chi connectivity index (χ3v) is 4.71. The SMILES string of the molecule is COc1cc(/C=C2\N=C(c3ccc(C)s3)OC2=O)cc2c1OCCO2. The second-order valence-corrected chi connectivity index (χ2v) is 6.78. The van der Waals surface area contributed by atoms with E-state index in [4.69, 9.17) is 18.9 Å². The van der Waals surface area contributed by atoms with Crippen molar-refractivity contribution in [3.8, 4) is 17.2 Å². The Morgan fingerprint density at radius 3 is 2.84 bits per heavy atom. The molecule has 0 fully saturated rings. The molecule has 0 atom stereocenters. The zero-order valence-electron chi connectivity index (χ0n) is 13.7. The standard InChI is InChI=1S/C18H15NO5S/c1-10-3-4-15(25-10)17-19-12(18(20)24-17)7-11-8-13(21-2)16-14(9-11)22-5-6-23-16/h3-4,7-9H,5-6H2,1-2H3/b12-7-. The fourth-order valence-electron chi connectivity index (χ4n) is 2.60. The van der Waals surface area contributed by atoms with E-state index in [1.807, 2.05) is 19.1 Å². The Kier molecular flexibility index (Phi) is 3.93. The van der Waals surface area contributed by atoms with Crippen LogP contribution in [0.3, 0.4) is 0 Å². The number of ether oxygens (including phenoxy) is 4. The fourth-order valence-corrected chi connectivity index (χ4v) is 3.39. The van der Waals surface area contributed by atoms with E-state index >= 15 is 0 Å². The zero-order chi connectivity index (χ0) is 17.4. The van der Waals surface area contributed by atoms with Crippen molar-refractivity contribution in [2.24, 2.45) is 4.99 Å². The van der Waals surface area contributed by atoms with Crippen LogP contribution in [0.2, 0.25) is 0 Å². The first-order chi connectivity index (χ1) is 12.1. The molecule has 7 heteroatoms. The van der Waals surface area contributed by atoms with Gasteiger partial charge in [0.25, 0.3) is 0 Å². The summed E-state index contributed by atoms with van der Waals surface area (Å²) in [5, 5.41) is 0. The Labute approximate surface area is 148 Å². The van der Waals surface area contributed by atoms with E-state index in [9.17, 15) is 4.79 Å². The largest absolute Gasteiger partial charge is 0.493 e. The van der Waals surface area contributed by atoms with Crippen LogP contribution in [0.5, 0.6) is 17.2 Å². The Morgan fingerprint density at radius 2 is 2.08 bits per heavy atom. The predicted molar refractivity (Wildman–Crippen MR) is 93.6 cm³/mol. The molecule has 128 valence electrons. The topological polar surface area (TPSA) is 66.4 Å². The van der Waals surface area contributed by atoms with Crippen molar-refractivity contribution < 1.29 is 23.7 Å². The van der Waals surface area contributed by atoms with Gasteiger partial charge in [-0.2, -0.15) is 0 Å². The third kappa shape index (κ3) is 2.98. The predicted octanol–water partition coefficient (Wildman–Crippen LogP) is 3.18. The average Bonchev–Trinajstić information content (AvgIpc) is 3.20. The van der Waals surface area contributed by atoms with Crippen LogP contribution in [0.15, 0.2) is 35.0 Å². The van der Waals surface area contributed by atoms with E-state index < -0.39 is 5.97 Å². The molecule has 2 aliphatic rings. The summed E-state index contributed by atoms with van der Waals surface area (Å²) in [5.74, 6) is 1.56. The maximum absolute atomic E-state index is 12.1. The number of aliphatic imine (C=N–C) groups is 1. The van der Waals surface area contributed by atoms with Gasteiger partial charge in [-0.15, -0.1) is 11.3 Å². The minimum Gasteiger partial charge on any atom is -0.493 e. The normalized spacial score (nSPS) is 17.4. The van der Waals surface area contributed by atoms with Gasteiger partial charge in [-0.1, -0.05) is 0 Å². The van der Waals surface area contributed by atoms with Crippen molar-refractivity contribution in [1.29, 1.82) is 0 Å². The van der Waals surface area contributed by atoms with Gasteiger partial charge in [0.05, 0.1) is 12.0 Å². The van der Waals surface area contributed by atoms with Gasteiger partial charge >= 0.3 is 5.97 Å². The lowest BCUT2D eigenvalue weighted by molar-refractivity contribution is -0.129. The fraction of sp³-hybridized carbons (Fsp3) is 0.222. The number of aryl methyl sites for hydroxylation is 1. The monoisotopic (exact) mass is 357 g/mol. The van der Waals surface area contributed by atoms with E-state index in [0.29, 0.717) is 36.4 Å². The van der Waals surface area contributed by atoms with E-state index in [1.165, 1.54) is 11.3 Å². The highest BCUT2D eigenvalue weighted by Crippen LogP contribution is 2.41. The van der Waals surface area contributed by atoms with Crippen LogP contribution in [0.25, 0.3) is 6.08 Å². The molecule has 0 radical (unpaired) electrons. The van der Waals surface area contributed by atoms with E-state index in [1.54, 1.807) is 25.3 Å². The van der Waals surface area contributed by atoms with Gasteiger partial charge in [0, 0.05) is 4.88 Å². The molecule has 0 amide bonds. The van der Waals surface area contributed by atoms with Crippen LogP contribution in [0, 0.1) is 6.92 Å². The maximum atomic E-state index is 12.1. The molecule has 1 aromatic carbocycles. The minimum absolute atomic E-state index is 0.236. The zero-order valence-corrected chi connectivity index (χ0v) is 14.5. The number of carbonyl (C=O) groups excluding carboxylic acids is 1. The van der Waals surface area contributed by atoms with Gasteiger partial charge in [-0.05, 0) is 42.8 Å². The molecule has 0 saturated heterocycles. The number of esters is 1. The molecule has 3 heterocycles. The number of hydrogen-bond acceptors (Lipinski definition) is 7. The summed E-state index contributed by atoms with van der Waals surface area (Å²) < 4.78 is 21.8. The van der Waals surface area contributed by atoms with Crippen molar-refractivity contribution in [2.75, 3.05) is 20.3 Å². The Balaban J connectivity index is 1.70. The highest BCUT2D eigenvalue weighted by molar-refractivity contribution is 7.14. The first-order valence-electron chi connectivity index (χ1n) is 7.71. The number of nitrogens with zero attached hydrogens (tertiary/aromatic N) is 1. The summed E-state index contributed by atoms with van der Waals surface area (Å²) >= 11 is 1.53. The molecule has 4 rings (SSSR count). The lowest BCUT2D eigenvalue weighted by Crippen LogP contribution is -2.16. The summed E-state index contributed by atoms with van der Waals surface area (Å²) in [7, 11) is 1.56.